The van der Waals surface area contributed by atoms with Gasteiger partial charge in [0, 0.05) is 19.0 Å². The van der Waals surface area contributed by atoms with Crippen LogP contribution < -0.4 is 5.32 Å². The van der Waals surface area contributed by atoms with E-state index in [1.54, 1.807) is 0 Å². The molecule has 2 amide bonds. The molecule has 0 aliphatic carbocycles. The number of hydrogen-bond donors (Lipinski definition) is 1. The summed E-state index contributed by atoms with van der Waals surface area (Å²) < 4.78 is 1.93. The first kappa shape index (κ1) is 19.9. The van der Waals surface area contributed by atoms with Gasteiger partial charge in [0.1, 0.15) is 12.4 Å². The lowest BCUT2D eigenvalue weighted by atomic mass is 10.2. The van der Waals surface area contributed by atoms with Crippen molar-refractivity contribution in [2.24, 2.45) is 5.92 Å². The highest BCUT2D eigenvalue weighted by Crippen LogP contribution is 2.17. The topological polar surface area (TPSA) is 67.2 Å². The number of hydrogen-bond acceptors (Lipinski definition) is 3. The molecule has 2 rings (SSSR count). The lowest BCUT2D eigenvalue weighted by molar-refractivity contribution is -0.131. The Balaban J connectivity index is 2.27. The maximum atomic E-state index is 12.8. The predicted molar refractivity (Wildman–Crippen MR) is 104 cm³/mol. The van der Waals surface area contributed by atoms with Crippen LogP contribution in [0.15, 0.2) is 24.3 Å². The fourth-order valence-electron chi connectivity index (χ4n) is 2.94. The van der Waals surface area contributed by atoms with Gasteiger partial charge in [-0.15, -0.1) is 0 Å². The van der Waals surface area contributed by atoms with E-state index in [9.17, 15) is 9.59 Å². The van der Waals surface area contributed by atoms with Gasteiger partial charge in [-0.05, 0) is 25.0 Å². The number of rotatable bonds is 9. The Morgan fingerprint density at radius 1 is 1.15 bits per heavy atom. The van der Waals surface area contributed by atoms with Gasteiger partial charge in [0.25, 0.3) is 0 Å². The molecule has 0 fully saturated rings. The highest BCUT2D eigenvalue weighted by molar-refractivity contribution is 5.81. The van der Waals surface area contributed by atoms with E-state index in [1.165, 1.54) is 0 Å². The highest BCUT2D eigenvalue weighted by Gasteiger charge is 2.18. The van der Waals surface area contributed by atoms with E-state index < -0.39 is 0 Å². The monoisotopic (exact) mass is 358 g/mol. The van der Waals surface area contributed by atoms with Crippen LogP contribution in [0.25, 0.3) is 11.0 Å². The van der Waals surface area contributed by atoms with Crippen molar-refractivity contribution < 1.29 is 9.59 Å². The largest absolute Gasteiger partial charge is 0.349 e. The zero-order valence-corrected chi connectivity index (χ0v) is 16.3. The lowest BCUT2D eigenvalue weighted by Crippen LogP contribution is -2.36. The third-order valence-corrected chi connectivity index (χ3v) is 4.31. The first-order chi connectivity index (χ1) is 12.5. The highest BCUT2D eigenvalue weighted by atomic mass is 16.2. The van der Waals surface area contributed by atoms with E-state index in [1.807, 2.05) is 47.6 Å². The Bertz CT molecular complexity index is 745. The Morgan fingerprint density at radius 3 is 2.42 bits per heavy atom. The number of carbonyl (C=O) groups excluding carboxylic acids is 2. The standard InChI is InChI=1S/C20H30N4O2/c1-5-11-23(12-6-2)19(25)14-24-17-10-8-7-9-16(17)22-18(24)13-21-20(26)15(3)4/h7-10,15H,5-6,11-14H2,1-4H3,(H,21,26). The average Bonchev–Trinajstić information content (AvgIpc) is 2.97. The van der Waals surface area contributed by atoms with Crippen molar-refractivity contribution in [3.63, 3.8) is 0 Å². The van der Waals surface area contributed by atoms with Crippen molar-refractivity contribution in [1.82, 2.24) is 19.8 Å². The molecular formula is C20H30N4O2. The molecule has 0 saturated carbocycles. The summed E-state index contributed by atoms with van der Waals surface area (Å²) >= 11 is 0. The zero-order valence-electron chi connectivity index (χ0n) is 16.3. The molecule has 0 unspecified atom stereocenters. The van der Waals surface area contributed by atoms with Gasteiger partial charge < -0.3 is 14.8 Å². The van der Waals surface area contributed by atoms with Crippen molar-refractivity contribution in [3.05, 3.63) is 30.1 Å². The maximum Gasteiger partial charge on any atom is 0.242 e. The number of carbonyl (C=O) groups is 2. The first-order valence-electron chi connectivity index (χ1n) is 9.47. The van der Waals surface area contributed by atoms with E-state index >= 15 is 0 Å². The summed E-state index contributed by atoms with van der Waals surface area (Å²) in [6.07, 6.45) is 1.88. The normalized spacial score (nSPS) is 11.1. The number of nitrogens with zero attached hydrogens (tertiary/aromatic N) is 3. The number of nitrogens with one attached hydrogen (secondary N) is 1. The zero-order chi connectivity index (χ0) is 19.1. The molecule has 6 heteroatoms. The molecule has 142 valence electrons. The summed E-state index contributed by atoms with van der Waals surface area (Å²) in [4.78, 5) is 31.3. The third kappa shape index (κ3) is 4.84. The number of amides is 2. The van der Waals surface area contributed by atoms with E-state index in [2.05, 4.69) is 24.1 Å². The maximum absolute atomic E-state index is 12.8. The van der Waals surface area contributed by atoms with Crippen LogP contribution in [0, 0.1) is 5.92 Å². The summed E-state index contributed by atoms with van der Waals surface area (Å²) in [6.45, 7) is 9.96. The molecule has 1 heterocycles. The molecule has 0 radical (unpaired) electrons. The molecule has 6 nitrogen and oxygen atoms in total. The van der Waals surface area contributed by atoms with Crippen molar-refractivity contribution in [1.29, 1.82) is 0 Å². The van der Waals surface area contributed by atoms with Crippen LogP contribution in [0.1, 0.15) is 46.4 Å². The molecular weight excluding hydrogens is 328 g/mol. The van der Waals surface area contributed by atoms with Crippen molar-refractivity contribution in [2.45, 2.75) is 53.6 Å². The van der Waals surface area contributed by atoms with Gasteiger partial charge in [-0.25, -0.2) is 4.98 Å². The van der Waals surface area contributed by atoms with E-state index in [4.69, 9.17) is 0 Å². The fourth-order valence-corrected chi connectivity index (χ4v) is 2.94. The van der Waals surface area contributed by atoms with Crippen molar-refractivity contribution in [2.75, 3.05) is 13.1 Å². The van der Waals surface area contributed by atoms with E-state index in [-0.39, 0.29) is 24.3 Å². The second-order valence-corrected chi connectivity index (χ2v) is 6.86. The Morgan fingerprint density at radius 2 is 1.81 bits per heavy atom. The molecule has 0 saturated heterocycles. The van der Waals surface area contributed by atoms with Gasteiger partial charge >= 0.3 is 0 Å². The smallest absolute Gasteiger partial charge is 0.242 e. The molecule has 1 aromatic heterocycles. The van der Waals surface area contributed by atoms with E-state index in [0.29, 0.717) is 12.4 Å². The third-order valence-electron chi connectivity index (χ3n) is 4.31. The van der Waals surface area contributed by atoms with Gasteiger partial charge in [-0.3, -0.25) is 9.59 Å². The molecule has 0 aliphatic rings. The van der Waals surface area contributed by atoms with Crippen LogP contribution in [0.5, 0.6) is 0 Å². The summed E-state index contributed by atoms with van der Waals surface area (Å²) in [5.41, 5.74) is 1.76. The van der Waals surface area contributed by atoms with Gasteiger partial charge in [0.2, 0.25) is 11.8 Å². The van der Waals surface area contributed by atoms with Gasteiger partial charge in [0.05, 0.1) is 17.6 Å². The molecule has 26 heavy (non-hydrogen) atoms. The minimum Gasteiger partial charge on any atom is -0.349 e. The molecule has 0 atom stereocenters. The summed E-state index contributed by atoms with van der Waals surface area (Å²) in [5.74, 6) is 0.697. The minimum absolute atomic E-state index is 0.0199. The molecule has 0 spiro atoms. The van der Waals surface area contributed by atoms with Crippen molar-refractivity contribution in [3.8, 4) is 0 Å². The number of imidazole rings is 1. The van der Waals surface area contributed by atoms with Gasteiger partial charge in [0.15, 0.2) is 0 Å². The van der Waals surface area contributed by atoms with Crippen LogP contribution in [-0.4, -0.2) is 39.4 Å². The van der Waals surface area contributed by atoms with Crippen LogP contribution in [0.3, 0.4) is 0 Å². The molecule has 1 N–H and O–H groups in total. The van der Waals surface area contributed by atoms with Crippen LogP contribution in [0.2, 0.25) is 0 Å². The molecule has 1 aromatic carbocycles. The number of benzene rings is 1. The molecule has 0 aliphatic heterocycles. The Hall–Kier alpha value is -2.37. The SMILES string of the molecule is CCCN(CCC)C(=O)Cn1c(CNC(=O)C(C)C)nc2ccccc21. The van der Waals surface area contributed by atoms with Crippen molar-refractivity contribution >= 4 is 22.8 Å². The Kier molecular flexibility index (Phi) is 7.18. The molecule has 0 bridgehead atoms. The first-order valence-corrected chi connectivity index (χ1v) is 9.47. The van der Waals surface area contributed by atoms with Crippen LogP contribution in [0.4, 0.5) is 0 Å². The van der Waals surface area contributed by atoms with Gasteiger partial charge in [-0.1, -0.05) is 39.8 Å². The summed E-state index contributed by atoms with van der Waals surface area (Å²) in [6, 6.07) is 7.77. The Labute approximate surface area is 155 Å². The number of para-hydroxylation sites is 2. The second kappa shape index (κ2) is 9.36. The fraction of sp³-hybridized carbons (Fsp3) is 0.550. The summed E-state index contributed by atoms with van der Waals surface area (Å²) in [7, 11) is 0. The van der Waals surface area contributed by atoms with Crippen LogP contribution in [-0.2, 0) is 22.7 Å². The summed E-state index contributed by atoms with van der Waals surface area (Å²) in [5, 5.41) is 2.91. The second-order valence-electron chi connectivity index (χ2n) is 6.86. The minimum atomic E-state index is -0.0842. The van der Waals surface area contributed by atoms with E-state index in [0.717, 1.165) is 37.0 Å². The van der Waals surface area contributed by atoms with Gasteiger partial charge in [-0.2, -0.15) is 0 Å². The number of fused-ring (bicyclic) bond motifs is 1. The molecule has 2 aromatic rings. The average molecular weight is 358 g/mol. The predicted octanol–water partition coefficient (Wildman–Crippen LogP) is 2.96. The lowest BCUT2D eigenvalue weighted by Gasteiger charge is -2.22. The number of aromatic nitrogens is 2. The quantitative estimate of drug-likeness (QED) is 0.749. The van der Waals surface area contributed by atoms with Crippen LogP contribution >= 0.6 is 0 Å².